The highest BCUT2D eigenvalue weighted by atomic mass is 16.6. The monoisotopic (exact) mass is 486 g/mol. The first-order chi connectivity index (χ1) is 16.4. The number of hydrogen-bond acceptors (Lipinski definition) is 9. The van der Waals surface area contributed by atoms with Crippen molar-refractivity contribution < 1.29 is 43.2 Å². The van der Waals surface area contributed by atoms with E-state index in [2.05, 4.69) is 0 Å². The van der Waals surface area contributed by atoms with Gasteiger partial charge in [-0.2, -0.15) is 0 Å². The molecule has 2 aliphatic heterocycles. The third-order valence-electron chi connectivity index (χ3n) is 10.5. The van der Waals surface area contributed by atoms with E-state index in [0.29, 0.717) is 11.3 Å². The van der Waals surface area contributed by atoms with Gasteiger partial charge in [-0.15, -0.1) is 0 Å². The fraction of sp³-hybridized carbons (Fsp3) is 0.654. The number of aliphatic hydroxyl groups excluding tert-OH is 2. The van der Waals surface area contributed by atoms with Crippen molar-refractivity contribution in [3.63, 3.8) is 0 Å². The molecule has 1 aromatic heterocycles. The van der Waals surface area contributed by atoms with Crippen molar-refractivity contribution in [2.45, 2.75) is 65.0 Å². The molecule has 0 aromatic carbocycles. The minimum atomic E-state index is -1.55. The van der Waals surface area contributed by atoms with Crippen LogP contribution in [0.5, 0.6) is 0 Å². The second-order valence-electron chi connectivity index (χ2n) is 11.8. The van der Waals surface area contributed by atoms with Gasteiger partial charge in [0.2, 0.25) is 0 Å². The van der Waals surface area contributed by atoms with Gasteiger partial charge in [-0.1, -0.05) is 27.7 Å². The van der Waals surface area contributed by atoms with Crippen LogP contribution in [0.4, 0.5) is 0 Å². The first kappa shape index (κ1) is 22.8. The molecule has 2 spiro atoms. The molecule has 5 aliphatic rings. The van der Waals surface area contributed by atoms with Gasteiger partial charge in [-0.25, -0.2) is 4.79 Å². The van der Waals surface area contributed by atoms with Gasteiger partial charge in [0.1, 0.15) is 18.0 Å². The number of ether oxygens (including phenoxy) is 3. The maximum absolute atomic E-state index is 13.1. The molecule has 4 fully saturated rings. The molecule has 9 atom stereocenters. The van der Waals surface area contributed by atoms with E-state index in [1.165, 1.54) is 25.7 Å². The van der Waals surface area contributed by atoms with E-state index >= 15 is 0 Å². The predicted octanol–water partition coefficient (Wildman–Crippen LogP) is 2.07. The van der Waals surface area contributed by atoms with Crippen molar-refractivity contribution in [3.05, 3.63) is 36.0 Å². The van der Waals surface area contributed by atoms with Gasteiger partial charge in [0.15, 0.2) is 11.9 Å². The van der Waals surface area contributed by atoms with E-state index in [4.69, 9.17) is 18.6 Å². The molecule has 0 radical (unpaired) electrons. The fourth-order valence-electron chi connectivity index (χ4n) is 9.04. The number of aliphatic hydroxyl groups is 2. The topological polar surface area (TPSA) is 132 Å². The molecular weight excluding hydrogens is 456 g/mol. The van der Waals surface area contributed by atoms with Gasteiger partial charge in [0.05, 0.1) is 43.0 Å². The molecule has 35 heavy (non-hydrogen) atoms. The normalized spacial score (nSPS) is 48.5. The summed E-state index contributed by atoms with van der Waals surface area (Å²) in [5.41, 5.74) is -4.57. The molecule has 3 aliphatic carbocycles. The van der Waals surface area contributed by atoms with Crippen molar-refractivity contribution in [2.24, 2.45) is 33.0 Å². The molecule has 6 rings (SSSR count). The lowest BCUT2D eigenvalue weighted by atomic mass is 9.49. The van der Waals surface area contributed by atoms with Gasteiger partial charge < -0.3 is 28.8 Å². The number of cyclic esters (lactones) is 1. The number of allylic oxidation sites excluding steroid dienone is 2. The third-order valence-corrected chi connectivity index (χ3v) is 10.5. The summed E-state index contributed by atoms with van der Waals surface area (Å²) in [6, 6.07) is 1.71. The number of carbonyl (C=O) groups excluding carboxylic acids is 3. The molecule has 1 aromatic rings. The first-order valence-electron chi connectivity index (χ1n) is 12.0. The maximum Gasteiger partial charge on any atom is 0.336 e. The van der Waals surface area contributed by atoms with E-state index < -0.39 is 69.3 Å². The van der Waals surface area contributed by atoms with Crippen molar-refractivity contribution >= 4 is 17.7 Å². The number of furan rings is 1. The molecule has 2 saturated heterocycles. The highest BCUT2D eigenvalue weighted by Gasteiger charge is 3.03. The largest absolute Gasteiger partial charge is 0.493 e. The number of hydrogen-bond donors (Lipinski definition) is 2. The molecule has 3 unspecified atom stereocenters. The number of fused-ring (bicyclic) bond motifs is 1. The average Bonchev–Trinajstić information content (AvgIpc) is 3.10. The van der Waals surface area contributed by atoms with Crippen LogP contribution >= 0.6 is 0 Å². The Labute approximate surface area is 202 Å². The van der Waals surface area contributed by atoms with Crippen molar-refractivity contribution in [1.29, 1.82) is 0 Å². The van der Waals surface area contributed by atoms with E-state index in [-0.39, 0.29) is 18.6 Å². The predicted molar refractivity (Wildman–Crippen MR) is 117 cm³/mol. The molecule has 3 heterocycles. The maximum atomic E-state index is 13.1. The van der Waals surface area contributed by atoms with Gasteiger partial charge in [0.25, 0.3) is 0 Å². The molecule has 9 heteroatoms. The van der Waals surface area contributed by atoms with Crippen molar-refractivity contribution in [3.8, 4) is 0 Å². The number of methoxy groups -OCH3 is 1. The second-order valence-corrected chi connectivity index (χ2v) is 11.8. The summed E-state index contributed by atoms with van der Waals surface area (Å²) in [6.45, 7) is 7.35. The number of esters is 2. The molecule has 0 amide bonds. The van der Waals surface area contributed by atoms with Gasteiger partial charge in [-0.05, 0) is 18.4 Å². The van der Waals surface area contributed by atoms with Crippen LogP contribution in [0.15, 0.2) is 34.8 Å². The summed E-state index contributed by atoms with van der Waals surface area (Å²) in [4.78, 5) is 38.8. The number of rotatable bonds is 3. The van der Waals surface area contributed by atoms with E-state index in [1.54, 1.807) is 19.9 Å². The summed E-state index contributed by atoms with van der Waals surface area (Å²) in [7, 11) is 1.29. The quantitative estimate of drug-likeness (QED) is 0.616. The van der Waals surface area contributed by atoms with Crippen molar-refractivity contribution in [2.75, 3.05) is 7.11 Å². The summed E-state index contributed by atoms with van der Waals surface area (Å²) < 4.78 is 22.4. The Morgan fingerprint density at radius 3 is 2.49 bits per heavy atom. The third kappa shape index (κ3) is 2.07. The van der Waals surface area contributed by atoms with E-state index in [1.807, 2.05) is 13.8 Å². The van der Waals surface area contributed by atoms with Gasteiger partial charge in [0, 0.05) is 27.9 Å². The van der Waals surface area contributed by atoms with Crippen LogP contribution < -0.4 is 0 Å². The Bertz CT molecular complexity index is 1180. The highest BCUT2D eigenvalue weighted by molar-refractivity contribution is 5.97. The van der Waals surface area contributed by atoms with Gasteiger partial charge in [-0.3, -0.25) is 9.59 Å². The Morgan fingerprint density at radius 2 is 1.86 bits per heavy atom. The highest BCUT2D eigenvalue weighted by Crippen LogP contribution is 2.95. The number of ketones is 1. The Morgan fingerprint density at radius 1 is 1.14 bits per heavy atom. The number of carbonyl (C=O) groups is 3. The lowest BCUT2D eigenvalue weighted by Crippen LogP contribution is -2.59. The first-order valence-corrected chi connectivity index (χ1v) is 12.0. The molecule has 9 nitrogen and oxygen atoms in total. The zero-order valence-corrected chi connectivity index (χ0v) is 20.4. The van der Waals surface area contributed by atoms with Gasteiger partial charge >= 0.3 is 11.9 Å². The SMILES string of the molecule is COC(=O)C[C@H]1C(C)(C)C(=O)C=C2OC3C45[C@@H](O)C(=O)O[C@@H](c6ccoc6)[C@]4(C)C[C@H](O)C35[C@@]21C. The standard InChI is InChI=1S/C26H30O9/c1-22(2)13(8-17(29)32-5)24(4)16(9-14(22)27)34-21-25(24)15(28)10-23(3)19(12-6-7-33-11-12)35-20(31)18(30)26(21,23)25/h6-7,9,11,13,15,18-19,21,28,30H,8,10H2,1-5H3/t13-,15-,18-,19-,21?,23-,24+,25?,26?/m0/s1. The Hall–Kier alpha value is -2.65. The fourth-order valence-corrected chi connectivity index (χ4v) is 9.04. The second kappa shape index (κ2) is 6.37. The molecule has 2 N–H and O–H groups in total. The van der Waals surface area contributed by atoms with Crippen LogP contribution in [0.25, 0.3) is 0 Å². The average molecular weight is 487 g/mol. The molecule has 188 valence electrons. The summed E-state index contributed by atoms with van der Waals surface area (Å²) >= 11 is 0. The van der Waals surface area contributed by atoms with Crippen LogP contribution in [0.3, 0.4) is 0 Å². The minimum Gasteiger partial charge on any atom is -0.493 e. The van der Waals surface area contributed by atoms with E-state index in [9.17, 15) is 24.6 Å². The minimum absolute atomic E-state index is 0.0773. The summed E-state index contributed by atoms with van der Waals surface area (Å²) in [6.07, 6.45) is 0.562. The zero-order chi connectivity index (χ0) is 25.3. The molecule has 2 saturated carbocycles. The zero-order valence-electron chi connectivity index (χ0n) is 20.4. The molecule has 0 bridgehead atoms. The lowest BCUT2D eigenvalue weighted by molar-refractivity contribution is -0.213. The summed E-state index contributed by atoms with van der Waals surface area (Å²) in [5.74, 6) is -1.66. The van der Waals surface area contributed by atoms with Crippen LogP contribution in [-0.4, -0.2) is 53.4 Å². The Balaban J connectivity index is 1.59. The van der Waals surface area contributed by atoms with Crippen molar-refractivity contribution in [1.82, 2.24) is 0 Å². The van der Waals surface area contributed by atoms with Crippen LogP contribution in [0.2, 0.25) is 0 Å². The smallest absolute Gasteiger partial charge is 0.336 e. The summed E-state index contributed by atoms with van der Waals surface area (Å²) in [5, 5.41) is 23.3. The van der Waals surface area contributed by atoms with Crippen LogP contribution in [0, 0.1) is 33.0 Å². The molecular formula is C26H30O9. The van der Waals surface area contributed by atoms with E-state index in [0.717, 1.165) is 0 Å². The van der Waals surface area contributed by atoms with Crippen LogP contribution in [0.1, 0.15) is 52.2 Å². The van der Waals surface area contributed by atoms with Crippen LogP contribution in [-0.2, 0) is 28.6 Å². The lowest BCUT2D eigenvalue weighted by Gasteiger charge is -2.54. The Kier molecular flexibility index (Phi) is 4.15.